The normalized spacial score (nSPS) is 11.2. The number of nitrogens with one attached hydrogen (secondary N) is 1. The Kier molecular flexibility index (Phi) is 12.7. The van der Waals surface area contributed by atoms with Crippen LogP contribution in [0.3, 0.4) is 0 Å². The van der Waals surface area contributed by atoms with Crippen molar-refractivity contribution in [2.24, 2.45) is 0 Å². The van der Waals surface area contributed by atoms with Gasteiger partial charge in [-0.05, 0) is 0 Å². The van der Waals surface area contributed by atoms with E-state index in [4.69, 9.17) is 42.6 Å². The number of methoxy groups -OCH3 is 9. The predicted octanol–water partition coefficient (Wildman–Crippen LogP) is 4.61. The van der Waals surface area contributed by atoms with Gasteiger partial charge in [0.2, 0.25) is 0 Å². The first kappa shape index (κ1) is 36.8. The van der Waals surface area contributed by atoms with Gasteiger partial charge in [-0.3, -0.25) is 0 Å². The molecule has 4 aromatic carbocycles. The Morgan fingerprint density at radius 3 is 1.12 bits per heavy atom. The average molecular weight is 696 g/mol. The molecule has 0 aliphatic heterocycles. The summed E-state index contributed by atoms with van der Waals surface area (Å²) in [6.07, 6.45) is 0.985. The van der Waals surface area contributed by atoms with Gasteiger partial charge in [0.25, 0.3) is 0 Å². The SMILES string of the molecule is COc1cc(OC)c([PH](CCCNC(=O)c2ccccc2)(c2c(OC)cc(OC)cc2OC)c2c(OC)cc(OC)cc2OC)c(OC)c1. The maximum atomic E-state index is 13.1. The molecule has 0 unspecified atom stereocenters. The van der Waals surface area contributed by atoms with Crippen molar-refractivity contribution in [3.05, 3.63) is 72.3 Å². The van der Waals surface area contributed by atoms with E-state index in [2.05, 4.69) is 5.32 Å². The van der Waals surface area contributed by atoms with Gasteiger partial charge in [0.05, 0.1) is 0 Å². The summed E-state index contributed by atoms with van der Waals surface area (Å²) in [5, 5.41) is 5.33. The molecule has 4 rings (SSSR count). The van der Waals surface area contributed by atoms with Gasteiger partial charge in [-0.2, -0.15) is 0 Å². The van der Waals surface area contributed by atoms with Crippen molar-refractivity contribution >= 4 is 29.1 Å². The summed E-state index contributed by atoms with van der Waals surface area (Å²) in [5.41, 5.74) is 0.571. The molecule has 0 aliphatic carbocycles. The van der Waals surface area contributed by atoms with Crippen molar-refractivity contribution in [2.75, 3.05) is 76.7 Å². The van der Waals surface area contributed by atoms with E-state index < -0.39 is 7.26 Å². The first-order chi connectivity index (χ1) is 23.8. The van der Waals surface area contributed by atoms with Gasteiger partial charge >= 0.3 is 289 Å². The van der Waals surface area contributed by atoms with E-state index in [9.17, 15) is 4.79 Å². The van der Waals surface area contributed by atoms with Crippen LogP contribution in [0.15, 0.2) is 66.7 Å². The van der Waals surface area contributed by atoms with Gasteiger partial charge in [0.15, 0.2) is 0 Å². The molecule has 0 saturated carbocycles. The first-order valence-corrected chi connectivity index (χ1v) is 17.8. The molecule has 0 heterocycles. The molecule has 0 atom stereocenters. The van der Waals surface area contributed by atoms with Crippen LogP contribution in [0.4, 0.5) is 0 Å². The van der Waals surface area contributed by atoms with Crippen molar-refractivity contribution in [1.82, 2.24) is 5.32 Å². The van der Waals surface area contributed by atoms with E-state index in [-0.39, 0.29) is 5.91 Å². The summed E-state index contributed by atoms with van der Waals surface area (Å²) in [7, 11) is 10.7. The zero-order valence-corrected chi connectivity index (χ0v) is 30.6. The van der Waals surface area contributed by atoms with Crippen LogP contribution in [0.25, 0.3) is 0 Å². The Labute approximate surface area is 288 Å². The van der Waals surface area contributed by atoms with E-state index in [0.29, 0.717) is 76.4 Å². The van der Waals surface area contributed by atoms with Crippen LogP contribution in [0.2, 0.25) is 0 Å². The number of ether oxygens (including phenoxy) is 9. The van der Waals surface area contributed by atoms with E-state index in [0.717, 1.165) is 15.9 Å². The second-order valence-electron chi connectivity index (χ2n) is 10.9. The third-order valence-corrected chi connectivity index (χ3v) is 13.6. The van der Waals surface area contributed by atoms with Crippen LogP contribution >= 0.6 is 7.26 Å². The molecule has 0 fully saturated rings. The van der Waals surface area contributed by atoms with Gasteiger partial charge < -0.3 is 0 Å². The zero-order valence-electron chi connectivity index (χ0n) is 29.6. The van der Waals surface area contributed by atoms with Gasteiger partial charge in [-0.25, -0.2) is 0 Å². The van der Waals surface area contributed by atoms with Crippen molar-refractivity contribution in [3.8, 4) is 51.7 Å². The number of hydrogen-bond donors (Lipinski definition) is 1. The summed E-state index contributed by atoms with van der Waals surface area (Å²) in [6, 6.07) is 20.0. The van der Waals surface area contributed by atoms with Crippen LogP contribution in [0.5, 0.6) is 51.7 Å². The summed E-state index contributed by atoms with van der Waals surface area (Å²) in [4.78, 5) is 13.1. The van der Waals surface area contributed by atoms with Gasteiger partial charge in [-0.1, -0.05) is 0 Å². The molecular formula is C37H46NO10P. The van der Waals surface area contributed by atoms with E-state index >= 15 is 0 Å². The Morgan fingerprint density at radius 2 is 0.837 bits per heavy atom. The zero-order chi connectivity index (χ0) is 35.6. The summed E-state index contributed by atoms with van der Waals surface area (Å²) >= 11 is 0. The minimum absolute atomic E-state index is 0.174. The van der Waals surface area contributed by atoms with E-state index in [1.165, 1.54) is 0 Å². The number of benzene rings is 4. The number of amides is 1. The Hall–Kier alpha value is -5.02. The second-order valence-corrected chi connectivity index (χ2v) is 14.7. The molecule has 0 aliphatic rings. The Balaban J connectivity index is 2.17. The minimum atomic E-state index is -3.64. The third kappa shape index (κ3) is 7.37. The summed E-state index contributed by atoms with van der Waals surface area (Å²) in [6.45, 7) is 0.352. The molecule has 1 amide bonds. The van der Waals surface area contributed by atoms with Gasteiger partial charge in [0.1, 0.15) is 0 Å². The molecule has 0 saturated heterocycles. The van der Waals surface area contributed by atoms with Crippen molar-refractivity contribution < 1.29 is 47.4 Å². The van der Waals surface area contributed by atoms with Crippen LogP contribution in [0, 0.1) is 0 Å². The topological polar surface area (TPSA) is 112 Å². The summed E-state index contributed by atoms with van der Waals surface area (Å²) in [5.74, 6) is 4.51. The molecule has 49 heavy (non-hydrogen) atoms. The number of carbonyl (C=O) groups excluding carboxylic acids is 1. The number of hydrogen-bond acceptors (Lipinski definition) is 10. The van der Waals surface area contributed by atoms with Crippen LogP contribution in [0.1, 0.15) is 16.8 Å². The Bertz CT molecular complexity index is 1500. The predicted molar refractivity (Wildman–Crippen MR) is 194 cm³/mol. The molecular weight excluding hydrogens is 649 g/mol. The maximum absolute atomic E-state index is 13.1. The van der Waals surface area contributed by atoms with Crippen LogP contribution < -0.4 is 63.9 Å². The van der Waals surface area contributed by atoms with Gasteiger partial charge in [0, 0.05) is 0 Å². The molecule has 1 N–H and O–H groups in total. The molecule has 4 aromatic rings. The summed E-state index contributed by atoms with van der Waals surface area (Å²) < 4.78 is 53.9. The number of rotatable bonds is 17. The standard InChI is InChI=1S/C37H46NO10P/c1-40-25-18-28(43-4)34(29(19-25)44-5)49(17-13-16-38-37(39)24-14-11-10-12-15-24,35-30(45-6)20-26(41-2)21-31(35)46-7)36-32(47-8)22-27(42-3)23-33(36)48-9/h10-12,14-15,18-23,49H,13,16-17H2,1-9H3,(H,38,39). The van der Waals surface area contributed by atoms with Gasteiger partial charge in [-0.15, -0.1) is 0 Å². The molecule has 264 valence electrons. The van der Waals surface area contributed by atoms with E-state index in [1.807, 2.05) is 54.6 Å². The van der Waals surface area contributed by atoms with Crippen LogP contribution in [-0.2, 0) is 0 Å². The average Bonchev–Trinajstić information content (AvgIpc) is 3.16. The van der Waals surface area contributed by atoms with Crippen molar-refractivity contribution in [3.63, 3.8) is 0 Å². The molecule has 11 nitrogen and oxygen atoms in total. The second kappa shape index (κ2) is 16.9. The quantitative estimate of drug-likeness (QED) is 0.124. The number of carbonyl (C=O) groups is 1. The molecule has 0 aromatic heterocycles. The fraction of sp³-hybridized carbons (Fsp3) is 0.324. The molecule has 0 spiro atoms. The molecule has 0 radical (unpaired) electrons. The fourth-order valence-corrected chi connectivity index (χ4v) is 12.1. The molecule has 0 bridgehead atoms. The Morgan fingerprint density at radius 1 is 0.510 bits per heavy atom. The third-order valence-electron chi connectivity index (χ3n) is 8.48. The first-order valence-electron chi connectivity index (χ1n) is 15.5. The van der Waals surface area contributed by atoms with Crippen molar-refractivity contribution in [2.45, 2.75) is 6.42 Å². The van der Waals surface area contributed by atoms with Crippen LogP contribution in [-0.4, -0.2) is 82.6 Å². The molecule has 12 heteroatoms. The fourth-order valence-electron chi connectivity index (χ4n) is 6.28. The van der Waals surface area contributed by atoms with E-state index in [1.54, 1.807) is 76.1 Å². The van der Waals surface area contributed by atoms with Crippen molar-refractivity contribution in [1.29, 1.82) is 0 Å². The monoisotopic (exact) mass is 695 g/mol.